The lowest BCUT2D eigenvalue weighted by molar-refractivity contribution is -0.154. The Kier molecular flexibility index (Phi) is 3.85. The number of cyclic esters (lactones) is 2. The minimum absolute atomic E-state index is 0.238. The van der Waals surface area contributed by atoms with Crippen LogP contribution in [0.5, 0.6) is 0 Å². The fourth-order valence-corrected chi connectivity index (χ4v) is 1.72. The average molecular weight is 251 g/mol. The lowest BCUT2D eigenvalue weighted by Crippen LogP contribution is -2.35. The van der Waals surface area contributed by atoms with Crippen molar-refractivity contribution in [1.29, 1.82) is 5.26 Å². The van der Waals surface area contributed by atoms with Crippen molar-refractivity contribution in [2.24, 2.45) is 15.6 Å². The summed E-state index contributed by atoms with van der Waals surface area (Å²) in [6.07, 6.45) is 0.819. The van der Waals surface area contributed by atoms with Crippen LogP contribution in [0.4, 0.5) is 0 Å². The molecule has 0 aromatic carbocycles. The lowest BCUT2D eigenvalue weighted by atomic mass is 9.80. The Balaban J connectivity index is 3.13. The molecule has 0 saturated carbocycles. The number of hydrogen-bond acceptors (Lipinski definition) is 6. The van der Waals surface area contributed by atoms with E-state index in [1.54, 1.807) is 0 Å². The summed E-state index contributed by atoms with van der Waals surface area (Å²) < 4.78 is 4.54. The molecule has 6 heteroatoms. The number of azo groups is 1. The van der Waals surface area contributed by atoms with Gasteiger partial charge < -0.3 is 4.74 Å². The van der Waals surface area contributed by atoms with Gasteiger partial charge in [0, 0.05) is 0 Å². The molecule has 1 rings (SSSR count). The molecule has 0 aromatic rings. The van der Waals surface area contributed by atoms with Crippen LogP contribution in [0.3, 0.4) is 0 Å². The zero-order chi connectivity index (χ0) is 14.0. The van der Waals surface area contributed by atoms with Gasteiger partial charge in [0.25, 0.3) is 0 Å². The van der Waals surface area contributed by atoms with Crippen molar-refractivity contribution in [3.05, 3.63) is 0 Å². The van der Waals surface area contributed by atoms with Gasteiger partial charge in [0.1, 0.15) is 0 Å². The van der Waals surface area contributed by atoms with Crippen molar-refractivity contribution in [2.75, 3.05) is 0 Å². The van der Waals surface area contributed by atoms with Crippen LogP contribution >= 0.6 is 0 Å². The van der Waals surface area contributed by atoms with E-state index in [1.807, 2.05) is 33.8 Å². The molecule has 2 unspecified atom stereocenters. The molecular weight excluding hydrogens is 234 g/mol. The number of hydrogen-bond donors (Lipinski definition) is 0. The van der Waals surface area contributed by atoms with Crippen LogP contribution in [-0.2, 0) is 14.3 Å². The molecule has 1 aliphatic heterocycles. The van der Waals surface area contributed by atoms with Gasteiger partial charge in [-0.05, 0) is 27.2 Å². The summed E-state index contributed by atoms with van der Waals surface area (Å²) in [5, 5.41) is 17.1. The maximum absolute atomic E-state index is 11.7. The molecule has 1 aliphatic rings. The minimum Gasteiger partial charge on any atom is -0.390 e. The molecule has 1 fully saturated rings. The van der Waals surface area contributed by atoms with Gasteiger partial charge >= 0.3 is 11.9 Å². The Labute approximate surface area is 106 Å². The first kappa shape index (κ1) is 14.3. The first-order valence-corrected chi connectivity index (χ1v) is 5.86. The fourth-order valence-electron chi connectivity index (χ4n) is 1.72. The normalized spacial score (nSPS) is 28.5. The monoisotopic (exact) mass is 251 g/mol. The summed E-state index contributed by atoms with van der Waals surface area (Å²) in [4.78, 5) is 23.3. The third-order valence-electron chi connectivity index (χ3n) is 2.56. The third-order valence-corrected chi connectivity index (χ3v) is 2.56. The topological polar surface area (TPSA) is 91.9 Å². The van der Waals surface area contributed by atoms with Crippen molar-refractivity contribution in [2.45, 2.75) is 52.1 Å². The summed E-state index contributed by atoms with van der Waals surface area (Å²) in [5.74, 6) is -1.60. The van der Waals surface area contributed by atoms with Gasteiger partial charge in [-0.1, -0.05) is 13.3 Å². The molecular formula is C12H17N3O3. The predicted molar refractivity (Wildman–Crippen MR) is 62.5 cm³/mol. The molecule has 0 spiro atoms. The summed E-state index contributed by atoms with van der Waals surface area (Å²) in [6.45, 7) is 7.26. The number of ether oxygens (including phenoxy) is 1. The molecule has 0 radical (unpaired) electrons. The molecule has 6 nitrogen and oxygen atoms in total. The van der Waals surface area contributed by atoms with E-state index < -0.39 is 28.9 Å². The molecule has 1 heterocycles. The van der Waals surface area contributed by atoms with Crippen LogP contribution in [0.2, 0.25) is 0 Å². The van der Waals surface area contributed by atoms with Crippen molar-refractivity contribution < 1.29 is 14.3 Å². The van der Waals surface area contributed by atoms with E-state index in [9.17, 15) is 14.9 Å². The van der Waals surface area contributed by atoms with Crippen LogP contribution in [0.25, 0.3) is 0 Å². The molecule has 0 aromatic heterocycles. The Morgan fingerprint density at radius 3 is 2.50 bits per heavy atom. The standard InChI is InChI=1S/C12H17N3O3/c1-5-6-12(7-13)8(9(16)18-10(12)17)14-15-11(2,3)4/h8H,5-6H2,1-4H3. The van der Waals surface area contributed by atoms with Crippen LogP contribution < -0.4 is 0 Å². The third kappa shape index (κ3) is 2.55. The summed E-state index contributed by atoms with van der Waals surface area (Å²) in [7, 11) is 0. The smallest absolute Gasteiger partial charge is 0.342 e. The highest BCUT2D eigenvalue weighted by Gasteiger charge is 2.59. The molecule has 1 saturated heterocycles. The SMILES string of the molecule is CCCC1(C#N)C(=O)OC(=O)C1N=NC(C)(C)C. The first-order valence-electron chi connectivity index (χ1n) is 5.86. The Morgan fingerprint density at radius 2 is 2.06 bits per heavy atom. The molecule has 2 atom stereocenters. The minimum atomic E-state index is -1.51. The molecule has 0 amide bonds. The van der Waals surface area contributed by atoms with E-state index in [0.29, 0.717) is 6.42 Å². The zero-order valence-corrected chi connectivity index (χ0v) is 11.1. The lowest BCUT2D eigenvalue weighted by Gasteiger charge is -2.18. The number of esters is 2. The molecule has 0 bridgehead atoms. The van der Waals surface area contributed by atoms with Gasteiger partial charge in [0.2, 0.25) is 0 Å². The van der Waals surface area contributed by atoms with Crippen LogP contribution in [0.15, 0.2) is 10.2 Å². The van der Waals surface area contributed by atoms with Gasteiger partial charge in [0.15, 0.2) is 11.5 Å². The average Bonchev–Trinajstić information content (AvgIpc) is 2.48. The van der Waals surface area contributed by atoms with Crippen molar-refractivity contribution in [3.63, 3.8) is 0 Å². The Morgan fingerprint density at radius 1 is 1.44 bits per heavy atom. The molecule has 18 heavy (non-hydrogen) atoms. The quantitative estimate of drug-likeness (QED) is 0.435. The number of nitrogens with zero attached hydrogens (tertiary/aromatic N) is 3. The van der Waals surface area contributed by atoms with Crippen molar-refractivity contribution in [1.82, 2.24) is 0 Å². The number of carbonyl (C=O) groups is 2. The van der Waals surface area contributed by atoms with E-state index in [4.69, 9.17) is 0 Å². The number of rotatable bonds is 3. The highest BCUT2D eigenvalue weighted by atomic mass is 16.6. The van der Waals surface area contributed by atoms with Crippen LogP contribution in [-0.4, -0.2) is 23.5 Å². The maximum Gasteiger partial charge on any atom is 0.342 e. The molecule has 0 aliphatic carbocycles. The zero-order valence-electron chi connectivity index (χ0n) is 11.1. The van der Waals surface area contributed by atoms with Gasteiger partial charge in [-0.25, -0.2) is 9.59 Å². The van der Waals surface area contributed by atoms with Gasteiger partial charge in [0.05, 0.1) is 11.6 Å². The fraction of sp³-hybridized carbons (Fsp3) is 0.750. The van der Waals surface area contributed by atoms with E-state index in [-0.39, 0.29) is 6.42 Å². The van der Waals surface area contributed by atoms with Gasteiger partial charge in [-0.15, -0.1) is 0 Å². The van der Waals surface area contributed by atoms with Crippen LogP contribution in [0.1, 0.15) is 40.5 Å². The second kappa shape index (κ2) is 4.84. The number of nitriles is 1. The van der Waals surface area contributed by atoms with Gasteiger partial charge in [-0.2, -0.15) is 15.5 Å². The molecule has 0 N–H and O–H groups in total. The Bertz CT molecular complexity index is 431. The van der Waals surface area contributed by atoms with E-state index >= 15 is 0 Å². The van der Waals surface area contributed by atoms with E-state index in [1.165, 1.54) is 0 Å². The van der Waals surface area contributed by atoms with Crippen molar-refractivity contribution in [3.8, 4) is 6.07 Å². The second-order valence-corrected chi connectivity index (χ2v) is 5.33. The highest BCUT2D eigenvalue weighted by molar-refractivity contribution is 6.03. The van der Waals surface area contributed by atoms with E-state index in [0.717, 1.165) is 0 Å². The molecule has 98 valence electrons. The summed E-state index contributed by atoms with van der Waals surface area (Å²) in [5.41, 5.74) is -1.99. The van der Waals surface area contributed by atoms with Gasteiger partial charge in [-0.3, -0.25) is 0 Å². The Hall–Kier alpha value is -1.77. The van der Waals surface area contributed by atoms with Crippen LogP contribution in [0, 0.1) is 16.7 Å². The largest absolute Gasteiger partial charge is 0.390 e. The number of carbonyl (C=O) groups excluding carboxylic acids is 2. The predicted octanol–water partition coefficient (Wildman–Crippen LogP) is 2.00. The maximum atomic E-state index is 11.7. The van der Waals surface area contributed by atoms with E-state index in [2.05, 4.69) is 15.0 Å². The second-order valence-electron chi connectivity index (χ2n) is 5.33. The summed E-state index contributed by atoms with van der Waals surface area (Å²) in [6, 6.07) is 0.751. The summed E-state index contributed by atoms with van der Waals surface area (Å²) >= 11 is 0. The first-order chi connectivity index (χ1) is 8.27. The highest BCUT2D eigenvalue weighted by Crippen LogP contribution is 2.38. The van der Waals surface area contributed by atoms with Crippen molar-refractivity contribution >= 4 is 11.9 Å².